The standard InChI is InChI=1S/C20H24Cl2N2O2S/c1-14-12-18(21)15(2)20(19(14)22)27(25,26)23-17-8-10-24(11-9-17)13-16-6-4-3-5-7-16/h3-7,12,17,23H,8-11,13H2,1-2H3. The second kappa shape index (κ2) is 8.50. The van der Waals surface area contributed by atoms with Crippen LogP contribution in [0.25, 0.3) is 0 Å². The van der Waals surface area contributed by atoms with Gasteiger partial charge >= 0.3 is 0 Å². The summed E-state index contributed by atoms with van der Waals surface area (Å²) < 4.78 is 28.7. The molecule has 27 heavy (non-hydrogen) atoms. The Morgan fingerprint density at radius 2 is 1.74 bits per heavy atom. The van der Waals surface area contributed by atoms with Crippen molar-refractivity contribution >= 4 is 33.2 Å². The van der Waals surface area contributed by atoms with E-state index in [1.165, 1.54) is 5.56 Å². The van der Waals surface area contributed by atoms with Crippen molar-refractivity contribution in [3.05, 3.63) is 63.1 Å². The maximum absolute atomic E-state index is 13.0. The van der Waals surface area contributed by atoms with Gasteiger partial charge in [0.1, 0.15) is 4.90 Å². The molecule has 0 unspecified atom stereocenters. The molecular formula is C20H24Cl2N2O2S. The van der Waals surface area contributed by atoms with Gasteiger partial charge in [0.15, 0.2) is 0 Å². The van der Waals surface area contributed by atoms with Crippen LogP contribution in [0.5, 0.6) is 0 Å². The number of nitrogens with zero attached hydrogens (tertiary/aromatic N) is 1. The van der Waals surface area contributed by atoms with Gasteiger partial charge in [0.05, 0.1) is 5.02 Å². The van der Waals surface area contributed by atoms with Crippen LogP contribution in [0.15, 0.2) is 41.3 Å². The third-order valence-corrected chi connectivity index (χ3v) is 7.70. The van der Waals surface area contributed by atoms with Crippen LogP contribution in [0, 0.1) is 13.8 Å². The zero-order valence-electron chi connectivity index (χ0n) is 15.5. The molecule has 0 bridgehead atoms. The summed E-state index contributed by atoms with van der Waals surface area (Å²) in [6.45, 7) is 6.03. The van der Waals surface area contributed by atoms with Crippen LogP contribution in [-0.2, 0) is 16.6 Å². The Labute approximate surface area is 171 Å². The second-order valence-corrected chi connectivity index (χ2v) is 9.54. The fourth-order valence-electron chi connectivity index (χ4n) is 3.46. The minimum absolute atomic E-state index is 0.0980. The first-order valence-electron chi connectivity index (χ1n) is 9.01. The molecule has 3 rings (SSSR count). The minimum atomic E-state index is -3.73. The molecule has 1 saturated heterocycles. The average molecular weight is 427 g/mol. The molecule has 0 spiro atoms. The smallest absolute Gasteiger partial charge is 0.242 e. The summed E-state index contributed by atoms with van der Waals surface area (Å²) in [5.41, 5.74) is 2.42. The summed E-state index contributed by atoms with van der Waals surface area (Å²) in [5.74, 6) is 0. The monoisotopic (exact) mass is 426 g/mol. The zero-order chi connectivity index (χ0) is 19.6. The van der Waals surface area contributed by atoms with Crippen molar-refractivity contribution in [3.63, 3.8) is 0 Å². The van der Waals surface area contributed by atoms with Crippen LogP contribution in [-0.4, -0.2) is 32.4 Å². The predicted octanol–water partition coefficient (Wildman–Crippen LogP) is 4.55. The molecule has 2 aromatic rings. The Hall–Kier alpha value is -1.11. The Morgan fingerprint density at radius 3 is 2.37 bits per heavy atom. The molecule has 1 N–H and O–H groups in total. The second-order valence-electron chi connectivity index (χ2n) is 7.10. The molecule has 7 heteroatoms. The van der Waals surface area contributed by atoms with E-state index in [1.807, 2.05) is 18.2 Å². The molecule has 1 fully saturated rings. The predicted molar refractivity (Wildman–Crippen MR) is 111 cm³/mol. The Balaban J connectivity index is 1.67. The van der Waals surface area contributed by atoms with Crippen molar-refractivity contribution in [1.29, 1.82) is 0 Å². The van der Waals surface area contributed by atoms with Gasteiger partial charge in [-0.2, -0.15) is 0 Å². The maximum Gasteiger partial charge on any atom is 0.242 e. The first-order valence-corrected chi connectivity index (χ1v) is 11.3. The van der Waals surface area contributed by atoms with Crippen LogP contribution < -0.4 is 4.72 Å². The van der Waals surface area contributed by atoms with E-state index < -0.39 is 10.0 Å². The summed E-state index contributed by atoms with van der Waals surface area (Å²) in [7, 11) is -3.73. The molecule has 1 heterocycles. The van der Waals surface area contributed by atoms with E-state index in [1.54, 1.807) is 19.9 Å². The highest BCUT2D eigenvalue weighted by atomic mass is 35.5. The van der Waals surface area contributed by atoms with E-state index >= 15 is 0 Å². The lowest BCUT2D eigenvalue weighted by Gasteiger charge is -2.32. The van der Waals surface area contributed by atoms with Gasteiger partial charge in [0.25, 0.3) is 0 Å². The highest BCUT2D eigenvalue weighted by Crippen LogP contribution is 2.33. The number of likely N-dealkylation sites (tertiary alicyclic amines) is 1. The Kier molecular flexibility index (Phi) is 6.49. The fourth-order valence-corrected chi connectivity index (χ4v) is 5.98. The Bertz CT molecular complexity index is 883. The molecule has 4 nitrogen and oxygen atoms in total. The largest absolute Gasteiger partial charge is 0.299 e. The molecule has 0 radical (unpaired) electrons. The van der Waals surface area contributed by atoms with Crippen LogP contribution in [0.2, 0.25) is 10.0 Å². The lowest BCUT2D eigenvalue weighted by molar-refractivity contribution is 0.200. The van der Waals surface area contributed by atoms with Gasteiger partial charge in [0.2, 0.25) is 10.0 Å². The molecule has 1 aliphatic heterocycles. The van der Waals surface area contributed by atoms with Gasteiger partial charge in [-0.25, -0.2) is 13.1 Å². The zero-order valence-corrected chi connectivity index (χ0v) is 17.8. The summed E-state index contributed by atoms with van der Waals surface area (Å²) in [4.78, 5) is 2.45. The van der Waals surface area contributed by atoms with Crippen LogP contribution in [0.1, 0.15) is 29.5 Å². The molecule has 0 saturated carbocycles. The molecule has 2 aromatic carbocycles. The normalized spacial score (nSPS) is 16.6. The van der Waals surface area contributed by atoms with Crippen molar-refractivity contribution in [3.8, 4) is 0 Å². The van der Waals surface area contributed by atoms with Gasteiger partial charge in [-0.3, -0.25) is 4.90 Å². The van der Waals surface area contributed by atoms with Crippen molar-refractivity contribution in [2.24, 2.45) is 0 Å². The minimum Gasteiger partial charge on any atom is -0.299 e. The summed E-state index contributed by atoms with van der Waals surface area (Å²) in [6, 6.07) is 11.9. The molecule has 0 atom stereocenters. The number of nitrogens with one attached hydrogen (secondary N) is 1. The topological polar surface area (TPSA) is 49.4 Å². The Morgan fingerprint density at radius 1 is 1.11 bits per heavy atom. The molecule has 1 aliphatic rings. The van der Waals surface area contributed by atoms with Gasteiger partial charge < -0.3 is 0 Å². The van der Waals surface area contributed by atoms with E-state index in [2.05, 4.69) is 21.8 Å². The highest BCUT2D eigenvalue weighted by molar-refractivity contribution is 7.89. The average Bonchev–Trinajstić information content (AvgIpc) is 2.62. The summed E-state index contributed by atoms with van der Waals surface area (Å²) in [5, 5.41) is 0.654. The molecular weight excluding hydrogens is 403 g/mol. The van der Waals surface area contributed by atoms with E-state index in [0.717, 1.165) is 32.5 Å². The van der Waals surface area contributed by atoms with Gasteiger partial charge in [0, 0.05) is 30.7 Å². The number of sulfonamides is 1. The lowest BCUT2D eigenvalue weighted by atomic mass is 10.1. The fraction of sp³-hybridized carbons (Fsp3) is 0.400. The van der Waals surface area contributed by atoms with Gasteiger partial charge in [-0.05, 0) is 49.4 Å². The van der Waals surface area contributed by atoms with Crippen molar-refractivity contribution in [2.75, 3.05) is 13.1 Å². The first kappa shape index (κ1) is 20.6. The number of halogens is 2. The van der Waals surface area contributed by atoms with Crippen molar-refractivity contribution < 1.29 is 8.42 Å². The quantitative estimate of drug-likeness (QED) is 0.762. The third kappa shape index (κ3) is 4.84. The van der Waals surface area contributed by atoms with Crippen LogP contribution in [0.4, 0.5) is 0 Å². The van der Waals surface area contributed by atoms with Crippen LogP contribution in [0.3, 0.4) is 0 Å². The highest BCUT2D eigenvalue weighted by Gasteiger charge is 2.28. The number of hydrogen-bond donors (Lipinski definition) is 1. The number of piperidine rings is 1. The van der Waals surface area contributed by atoms with E-state index in [4.69, 9.17) is 23.2 Å². The SMILES string of the molecule is Cc1cc(Cl)c(C)c(S(=O)(=O)NC2CCN(Cc3ccccc3)CC2)c1Cl. The molecule has 0 amide bonds. The molecule has 146 valence electrons. The van der Waals surface area contributed by atoms with E-state index in [-0.39, 0.29) is 16.0 Å². The van der Waals surface area contributed by atoms with Gasteiger partial charge in [-0.1, -0.05) is 53.5 Å². The van der Waals surface area contributed by atoms with Crippen molar-refractivity contribution in [1.82, 2.24) is 9.62 Å². The molecule has 0 aliphatic carbocycles. The summed E-state index contributed by atoms with van der Waals surface area (Å²) in [6.07, 6.45) is 1.53. The van der Waals surface area contributed by atoms with Crippen molar-refractivity contribution in [2.45, 2.75) is 44.2 Å². The lowest BCUT2D eigenvalue weighted by Crippen LogP contribution is -2.44. The maximum atomic E-state index is 13.0. The van der Waals surface area contributed by atoms with Gasteiger partial charge in [-0.15, -0.1) is 0 Å². The third-order valence-electron chi connectivity index (χ3n) is 5.01. The van der Waals surface area contributed by atoms with E-state index in [0.29, 0.717) is 16.1 Å². The number of rotatable bonds is 5. The van der Waals surface area contributed by atoms with Crippen LogP contribution >= 0.6 is 23.2 Å². The summed E-state index contributed by atoms with van der Waals surface area (Å²) >= 11 is 12.5. The first-order chi connectivity index (χ1) is 12.8. The number of hydrogen-bond acceptors (Lipinski definition) is 3. The van der Waals surface area contributed by atoms with E-state index in [9.17, 15) is 8.42 Å². The number of benzene rings is 2. The number of aryl methyl sites for hydroxylation is 1. The molecule has 0 aromatic heterocycles.